The molecule has 1 heterocycles. The van der Waals surface area contributed by atoms with Gasteiger partial charge < -0.3 is 15.2 Å². The maximum absolute atomic E-state index is 13.8. The van der Waals surface area contributed by atoms with E-state index in [-0.39, 0.29) is 12.1 Å². The number of hydrogen-bond donors (Lipinski definition) is 2. The lowest BCUT2D eigenvalue weighted by Crippen LogP contribution is -2.39. The van der Waals surface area contributed by atoms with Crippen molar-refractivity contribution in [1.82, 2.24) is 20.2 Å². The number of imidazole rings is 1. The number of aromatic nitrogens is 2. The van der Waals surface area contributed by atoms with E-state index >= 15 is 0 Å². The van der Waals surface area contributed by atoms with Crippen molar-refractivity contribution >= 4 is 22.8 Å². The van der Waals surface area contributed by atoms with E-state index in [0.717, 1.165) is 28.7 Å². The number of rotatable bonds is 6. The monoisotopic (exact) mass is 434 g/mol. The molecule has 8 heteroatoms. The molecule has 0 radical (unpaired) electrons. The summed E-state index contributed by atoms with van der Waals surface area (Å²) in [5.41, 5.74) is 2.18. The van der Waals surface area contributed by atoms with Gasteiger partial charge >= 0.3 is 0 Å². The fourth-order valence-electron chi connectivity index (χ4n) is 3.51. The molecule has 32 heavy (non-hydrogen) atoms. The molecule has 162 valence electrons. The highest BCUT2D eigenvalue weighted by atomic mass is 19.1. The average Bonchev–Trinajstić information content (AvgIpc) is 3.13. The zero-order valence-electron chi connectivity index (χ0n) is 17.2. The van der Waals surface area contributed by atoms with Gasteiger partial charge in [0.25, 0.3) is 5.91 Å². The van der Waals surface area contributed by atoms with Crippen LogP contribution < -0.4 is 10.6 Å². The summed E-state index contributed by atoms with van der Waals surface area (Å²) in [5, 5.41) is 5.26. The molecule has 4 aromatic rings. The van der Waals surface area contributed by atoms with E-state index in [0.29, 0.717) is 11.9 Å². The highest BCUT2D eigenvalue weighted by Gasteiger charge is 2.23. The number of amides is 2. The Morgan fingerprint density at radius 3 is 2.44 bits per heavy atom. The van der Waals surface area contributed by atoms with Crippen LogP contribution in [0.25, 0.3) is 11.0 Å². The maximum Gasteiger partial charge on any atom is 0.254 e. The van der Waals surface area contributed by atoms with Crippen molar-refractivity contribution in [3.05, 3.63) is 101 Å². The third-order valence-electron chi connectivity index (χ3n) is 5.10. The molecule has 1 atom stereocenters. The highest BCUT2D eigenvalue weighted by Crippen LogP contribution is 2.24. The molecular formula is C24H20F2N4O2. The summed E-state index contributed by atoms with van der Waals surface area (Å²) >= 11 is 0. The van der Waals surface area contributed by atoms with E-state index in [4.69, 9.17) is 0 Å². The van der Waals surface area contributed by atoms with Crippen LogP contribution in [0.5, 0.6) is 0 Å². The molecule has 6 nitrogen and oxygen atoms in total. The molecule has 0 saturated heterocycles. The molecule has 4 rings (SSSR count). The second-order valence-corrected chi connectivity index (χ2v) is 7.24. The molecule has 2 N–H and O–H groups in total. The normalized spacial score (nSPS) is 11.8. The van der Waals surface area contributed by atoms with Crippen molar-refractivity contribution in [3.8, 4) is 0 Å². The van der Waals surface area contributed by atoms with Gasteiger partial charge in [-0.25, -0.2) is 13.8 Å². The fraction of sp³-hybridized carbons (Fsp3) is 0.125. The molecule has 1 aromatic heterocycles. The van der Waals surface area contributed by atoms with Gasteiger partial charge in [-0.3, -0.25) is 9.59 Å². The smallest absolute Gasteiger partial charge is 0.254 e. The number of halogens is 2. The van der Waals surface area contributed by atoms with Crippen LogP contribution in [0.1, 0.15) is 27.8 Å². The van der Waals surface area contributed by atoms with Gasteiger partial charge in [-0.2, -0.15) is 0 Å². The molecule has 0 aliphatic rings. The van der Waals surface area contributed by atoms with Crippen LogP contribution in [-0.2, 0) is 11.8 Å². The van der Waals surface area contributed by atoms with Crippen LogP contribution in [0.15, 0.2) is 72.8 Å². The lowest BCUT2D eigenvalue weighted by molar-refractivity contribution is -0.120. The lowest BCUT2D eigenvalue weighted by Gasteiger charge is -2.19. The van der Waals surface area contributed by atoms with Crippen molar-refractivity contribution in [3.63, 3.8) is 0 Å². The number of para-hydroxylation sites is 2. The number of carbonyl (C=O) groups is 2. The Bertz CT molecular complexity index is 1290. The van der Waals surface area contributed by atoms with E-state index in [2.05, 4.69) is 15.6 Å². The first kappa shape index (κ1) is 21.2. The summed E-state index contributed by atoms with van der Waals surface area (Å²) in [6.07, 6.45) is 0. The fourth-order valence-corrected chi connectivity index (χ4v) is 3.51. The summed E-state index contributed by atoms with van der Waals surface area (Å²) in [4.78, 5) is 29.6. The number of benzene rings is 3. The first-order valence-electron chi connectivity index (χ1n) is 9.93. The Morgan fingerprint density at radius 2 is 1.72 bits per heavy atom. The van der Waals surface area contributed by atoms with Crippen LogP contribution in [0, 0.1) is 11.6 Å². The summed E-state index contributed by atoms with van der Waals surface area (Å²) in [5.74, 6) is -2.45. The van der Waals surface area contributed by atoms with Gasteiger partial charge in [0.2, 0.25) is 5.91 Å². The van der Waals surface area contributed by atoms with Gasteiger partial charge in [0.15, 0.2) is 0 Å². The Kier molecular flexibility index (Phi) is 5.93. The molecule has 0 aliphatic carbocycles. The molecule has 0 saturated carbocycles. The number of nitrogens with zero attached hydrogens (tertiary/aromatic N) is 2. The van der Waals surface area contributed by atoms with E-state index in [1.807, 2.05) is 66.2 Å². The van der Waals surface area contributed by atoms with Gasteiger partial charge in [0, 0.05) is 13.1 Å². The number of hydrogen-bond acceptors (Lipinski definition) is 3. The predicted molar refractivity (Wildman–Crippen MR) is 116 cm³/mol. The van der Waals surface area contributed by atoms with Crippen LogP contribution in [0.2, 0.25) is 0 Å². The number of nitrogens with one attached hydrogen (secondary N) is 2. The summed E-state index contributed by atoms with van der Waals surface area (Å²) in [6.45, 7) is -0.386. The molecule has 0 bridgehead atoms. The Labute approximate surface area is 182 Å². The topological polar surface area (TPSA) is 76.0 Å². The first-order valence-corrected chi connectivity index (χ1v) is 9.93. The van der Waals surface area contributed by atoms with E-state index < -0.39 is 29.5 Å². The summed E-state index contributed by atoms with van der Waals surface area (Å²) in [7, 11) is 1.87. The number of fused-ring (bicyclic) bond motifs is 1. The zero-order valence-corrected chi connectivity index (χ0v) is 17.2. The molecule has 0 aliphatic heterocycles. The minimum Gasteiger partial charge on any atom is -0.343 e. The lowest BCUT2D eigenvalue weighted by atomic mass is 10.1. The zero-order chi connectivity index (χ0) is 22.7. The second kappa shape index (κ2) is 8.97. The quantitative estimate of drug-likeness (QED) is 0.488. The van der Waals surface area contributed by atoms with Crippen molar-refractivity contribution < 1.29 is 18.4 Å². The van der Waals surface area contributed by atoms with Crippen LogP contribution in [-0.4, -0.2) is 27.9 Å². The van der Waals surface area contributed by atoms with Gasteiger partial charge in [0.05, 0.1) is 23.1 Å². The van der Waals surface area contributed by atoms with E-state index in [1.54, 1.807) is 0 Å². The van der Waals surface area contributed by atoms with Gasteiger partial charge in [-0.05, 0) is 29.8 Å². The standard InChI is InChI=1S/C24H20F2N4O2/c1-30-20-10-6-5-9-19(20)28-23(30)22(15-7-3-2-4-8-15)29-21(31)14-27-24(32)17-12-11-16(25)13-18(17)26/h2-13,22H,14H2,1H3,(H,27,32)(H,29,31). The third kappa shape index (κ3) is 4.34. The van der Waals surface area contributed by atoms with Crippen molar-refractivity contribution in [2.75, 3.05) is 6.54 Å². The SMILES string of the molecule is Cn1c(C(NC(=O)CNC(=O)c2ccc(F)cc2F)c2ccccc2)nc2ccccc21. The number of carbonyl (C=O) groups excluding carboxylic acids is 2. The second-order valence-electron chi connectivity index (χ2n) is 7.24. The Hall–Kier alpha value is -4.07. The van der Waals surface area contributed by atoms with Gasteiger partial charge in [-0.15, -0.1) is 0 Å². The van der Waals surface area contributed by atoms with Crippen LogP contribution >= 0.6 is 0 Å². The average molecular weight is 434 g/mol. The first-order chi connectivity index (χ1) is 15.4. The molecule has 0 spiro atoms. The minimum absolute atomic E-state index is 0.339. The van der Waals surface area contributed by atoms with Crippen LogP contribution in [0.3, 0.4) is 0 Å². The Morgan fingerprint density at radius 1 is 1.00 bits per heavy atom. The molecule has 3 aromatic carbocycles. The van der Waals surface area contributed by atoms with E-state index in [1.165, 1.54) is 0 Å². The largest absolute Gasteiger partial charge is 0.343 e. The van der Waals surface area contributed by atoms with Gasteiger partial charge in [0.1, 0.15) is 23.5 Å². The van der Waals surface area contributed by atoms with Gasteiger partial charge in [-0.1, -0.05) is 42.5 Å². The molecule has 1 unspecified atom stereocenters. The van der Waals surface area contributed by atoms with Crippen molar-refractivity contribution in [2.24, 2.45) is 7.05 Å². The molecular weight excluding hydrogens is 414 g/mol. The van der Waals surface area contributed by atoms with Crippen LogP contribution in [0.4, 0.5) is 8.78 Å². The summed E-state index contributed by atoms with van der Waals surface area (Å²) < 4.78 is 28.8. The predicted octanol–water partition coefficient (Wildman–Crippen LogP) is 3.49. The summed E-state index contributed by atoms with van der Waals surface area (Å²) in [6, 6.07) is 19.0. The maximum atomic E-state index is 13.8. The minimum atomic E-state index is -0.996. The molecule has 2 amide bonds. The van der Waals surface area contributed by atoms with Crippen molar-refractivity contribution in [2.45, 2.75) is 6.04 Å². The highest BCUT2D eigenvalue weighted by molar-refractivity contribution is 5.96. The Balaban J connectivity index is 1.54. The van der Waals surface area contributed by atoms with Crippen molar-refractivity contribution in [1.29, 1.82) is 0 Å². The van der Waals surface area contributed by atoms with E-state index in [9.17, 15) is 18.4 Å². The number of aryl methyl sites for hydroxylation is 1. The third-order valence-corrected chi connectivity index (χ3v) is 5.10. The molecule has 0 fully saturated rings.